The second kappa shape index (κ2) is 7.25. The SMILES string of the molecule is Nc1ncc(-c2cnn(C3CCNCC3)c2)cc1-c1ncc2ccccc2c1F. The minimum atomic E-state index is -0.390. The summed E-state index contributed by atoms with van der Waals surface area (Å²) >= 11 is 0. The molecule has 6 nitrogen and oxygen atoms in total. The Kier molecular flexibility index (Phi) is 4.44. The minimum Gasteiger partial charge on any atom is -0.383 e. The van der Waals surface area contributed by atoms with Crippen LogP contribution < -0.4 is 11.1 Å². The van der Waals surface area contributed by atoms with Gasteiger partial charge in [-0.3, -0.25) is 9.67 Å². The molecule has 0 amide bonds. The molecule has 1 fully saturated rings. The molecule has 1 saturated heterocycles. The van der Waals surface area contributed by atoms with Crippen LogP contribution >= 0.6 is 0 Å². The van der Waals surface area contributed by atoms with E-state index in [2.05, 4.69) is 20.4 Å². The number of nitrogen functional groups attached to an aromatic ring is 1. The van der Waals surface area contributed by atoms with Crippen LogP contribution in [0.25, 0.3) is 33.2 Å². The molecule has 4 aromatic rings. The fraction of sp³-hybridized carbons (Fsp3) is 0.227. The highest BCUT2D eigenvalue weighted by Crippen LogP contribution is 2.33. The number of hydrogen-bond acceptors (Lipinski definition) is 5. The van der Waals surface area contributed by atoms with Crippen molar-refractivity contribution in [1.29, 1.82) is 0 Å². The molecule has 1 aromatic carbocycles. The summed E-state index contributed by atoms with van der Waals surface area (Å²) < 4.78 is 17.2. The molecular weight excluding hydrogens is 367 g/mol. The van der Waals surface area contributed by atoms with E-state index in [1.807, 2.05) is 41.3 Å². The predicted octanol–water partition coefficient (Wildman–Crippen LogP) is 3.81. The number of aromatic nitrogens is 4. The van der Waals surface area contributed by atoms with Gasteiger partial charge in [-0.25, -0.2) is 9.37 Å². The summed E-state index contributed by atoms with van der Waals surface area (Å²) in [5.74, 6) is -0.139. The predicted molar refractivity (Wildman–Crippen MR) is 112 cm³/mol. The highest BCUT2D eigenvalue weighted by atomic mass is 19.1. The van der Waals surface area contributed by atoms with Crippen molar-refractivity contribution in [2.24, 2.45) is 0 Å². The fourth-order valence-electron chi connectivity index (χ4n) is 3.90. The Morgan fingerprint density at radius 3 is 2.72 bits per heavy atom. The molecule has 0 saturated carbocycles. The lowest BCUT2D eigenvalue weighted by molar-refractivity contribution is 0.343. The Morgan fingerprint density at radius 2 is 1.86 bits per heavy atom. The van der Waals surface area contributed by atoms with Gasteiger partial charge in [-0.1, -0.05) is 24.3 Å². The molecule has 146 valence electrons. The maximum atomic E-state index is 15.1. The van der Waals surface area contributed by atoms with E-state index in [-0.39, 0.29) is 17.3 Å². The van der Waals surface area contributed by atoms with Crippen molar-refractivity contribution in [3.8, 4) is 22.4 Å². The molecule has 0 bridgehead atoms. The van der Waals surface area contributed by atoms with Crippen molar-refractivity contribution in [3.05, 3.63) is 60.9 Å². The van der Waals surface area contributed by atoms with E-state index in [1.165, 1.54) is 0 Å². The van der Waals surface area contributed by atoms with Crippen molar-refractivity contribution in [2.45, 2.75) is 18.9 Å². The van der Waals surface area contributed by atoms with Crippen LogP contribution in [0.1, 0.15) is 18.9 Å². The van der Waals surface area contributed by atoms with Crippen LogP contribution in [0, 0.1) is 5.82 Å². The maximum Gasteiger partial charge on any atom is 0.157 e. The second-order valence-corrected chi connectivity index (χ2v) is 7.36. The minimum absolute atomic E-state index is 0.210. The summed E-state index contributed by atoms with van der Waals surface area (Å²) in [6.45, 7) is 2.00. The average Bonchev–Trinajstić information content (AvgIpc) is 3.26. The van der Waals surface area contributed by atoms with Gasteiger partial charge in [-0.2, -0.15) is 5.10 Å². The Morgan fingerprint density at radius 1 is 1.03 bits per heavy atom. The summed E-state index contributed by atoms with van der Waals surface area (Å²) in [5.41, 5.74) is 8.55. The molecule has 0 aliphatic carbocycles. The van der Waals surface area contributed by atoms with Gasteiger partial charge < -0.3 is 11.1 Å². The molecule has 1 aliphatic heterocycles. The fourth-order valence-corrected chi connectivity index (χ4v) is 3.90. The number of hydrogen-bond donors (Lipinski definition) is 2. The van der Waals surface area contributed by atoms with Gasteiger partial charge in [0.25, 0.3) is 0 Å². The van der Waals surface area contributed by atoms with Gasteiger partial charge in [0.2, 0.25) is 0 Å². The smallest absolute Gasteiger partial charge is 0.157 e. The number of halogens is 1. The third-order valence-electron chi connectivity index (χ3n) is 5.53. The zero-order chi connectivity index (χ0) is 19.8. The molecule has 4 heterocycles. The number of fused-ring (bicyclic) bond motifs is 1. The van der Waals surface area contributed by atoms with Crippen molar-refractivity contribution < 1.29 is 4.39 Å². The molecule has 0 spiro atoms. The summed E-state index contributed by atoms with van der Waals surface area (Å²) in [4.78, 5) is 8.63. The standard InChI is InChI=1S/C22H21FN6/c23-20-18-4-2-1-3-14(18)10-26-21(20)19-9-15(11-27-22(19)24)16-12-28-29(13-16)17-5-7-25-8-6-17/h1-4,9-13,17,25H,5-8H2,(H2,24,27). The Bertz CT molecular complexity index is 1180. The van der Waals surface area contributed by atoms with Crippen molar-refractivity contribution >= 4 is 16.6 Å². The highest BCUT2D eigenvalue weighted by Gasteiger charge is 2.18. The number of nitrogens with zero attached hydrogens (tertiary/aromatic N) is 4. The van der Waals surface area contributed by atoms with Crippen LogP contribution in [0.4, 0.5) is 10.2 Å². The van der Waals surface area contributed by atoms with Crippen LogP contribution in [0.2, 0.25) is 0 Å². The number of nitrogens with two attached hydrogens (primary N) is 1. The molecule has 0 atom stereocenters. The summed E-state index contributed by atoms with van der Waals surface area (Å²) in [6, 6.07) is 9.48. The lowest BCUT2D eigenvalue weighted by Gasteiger charge is -2.22. The van der Waals surface area contributed by atoms with Gasteiger partial charge in [0, 0.05) is 46.1 Å². The van der Waals surface area contributed by atoms with Crippen molar-refractivity contribution in [1.82, 2.24) is 25.1 Å². The molecule has 7 heteroatoms. The Hall–Kier alpha value is -3.32. The van der Waals surface area contributed by atoms with Crippen molar-refractivity contribution in [2.75, 3.05) is 18.8 Å². The van der Waals surface area contributed by atoms with Crippen molar-refractivity contribution in [3.63, 3.8) is 0 Å². The number of benzene rings is 1. The molecular formula is C22H21FN6. The normalized spacial score (nSPS) is 15.1. The lowest BCUT2D eigenvalue weighted by atomic mass is 10.0. The van der Waals surface area contributed by atoms with Crippen LogP contribution in [0.15, 0.2) is 55.1 Å². The van der Waals surface area contributed by atoms with E-state index in [4.69, 9.17) is 5.73 Å². The highest BCUT2D eigenvalue weighted by molar-refractivity contribution is 5.88. The first-order chi connectivity index (χ1) is 14.2. The number of piperidine rings is 1. The van der Waals surface area contributed by atoms with E-state index in [0.717, 1.165) is 42.4 Å². The quantitative estimate of drug-likeness (QED) is 0.558. The molecule has 5 rings (SSSR count). The zero-order valence-electron chi connectivity index (χ0n) is 15.8. The third-order valence-corrected chi connectivity index (χ3v) is 5.53. The molecule has 29 heavy (non-hydrogen) atoms. The van der Waals surface area contributed by atoms with Gasteiger partial charge >= 0.3 is 0 Å². The number of nitrogens with one attached hydrogen (secondary N) is 1. The first kappa shape index (κ1) is 17.8. The molecule has 0 radical (unpaired) electrons. The average molecular weight is 388 g/mol. The van der Waals surface area contributed by atoms with Crippen LogP contribution in [-0.4, -0.2) is 32.8 Å². The van der Waals surface area contributed by atoms with E-state index < -0.39 is 0 Å². The molecule has 1 aliphatic rings. The second-order valence-electron chi connectivity index (χ2n) is 7.36. The molecule has 3 aromatic heterocycles. The number of pyridine rings is 2. The first-order valence-corrected chi connectivity index (χ1v) is 9.75. The summed E-state index contributed by atoms with van der Waals surface area (Å²) in [5, 5.41) is 9.17. The lowest BCUT2D eigenvalue weighted by Crippen LogP contribution is -2.29. The number of anilines is 1. The van der Waals surface area contributed by atoms with Crippen LogP contribution in [0.5, 0.6) is 0 Å². The zero-order valence-corrected chi connectivity index (χ0v) is 15.8. The van der Waals surface area contributed by atoms with E-state index in [1.54, 1.807) is 18.5 Å². The van der Waals surface area contributed by atoms with Gasteiger partial charge in [0.1, 0.15) is 11.5 Å². The summed E-state index contributed by atoms with van der Waals surface area (Å²) in [6.07, 6.45) is 9.31. The Labute approximate surface area is 167 Å². The Balaban J connectivity index is 1.55. The van der Waals surface area contributed by atoms with Gasteiger partial charge in [-0.15, -0.1) is 0 Å². The van der Waals surface area contributed by atoms with Gasteiger partial charge in [0.05, 0.1) is 12.2 Å². The monoisotopic (exact) mass is 388 g/mol. The summed E-state index contributed by atoms with van der Waals surface area (Å²) in [7, 11) is 0. The van der Waals surface area contributed by atoms with E-state index >= 15 is 4.39 Å². The topological polar surface area (TPSA) is 81.6 Å². The van der Waals surface area contributed by atoms with Crippen LogP contribution in [0.3, 0.4) is 0 Å². The van der Waals surface area contributed by atoms with Gasteiger partial charge in [0.15, 0.2) is 5.82 Å². The van der Waals surface area contributed by atoms with E-state index in [9.17, 15) is 0 Å². The van der Waals surface area contributed by atoms with Gasteiger partial charge in [-0.05, 0) is 32.0 Å². The van der Waals surface area contributed by atoms with Crippen LogP contribution in [-0.2, 0) is 0 Å². The largest absolute Gasteiger partial charge is 0.383 e. The maximum absolute atomic E-state index is 15.1. The van der Waals surface area contributed by atoms with E-state index in [0.29, 0.717) is 17.0 Å². The third kappa shape index (κ3) is 3.23. The molecule has 3 N–H and O–H groups in total. The number of rotatable bonds is 3. The molecule has 0 unspecified atom stereocenters. The first-order valence-electron chi connectivity index (χ1n) is 9.75.